The molecule has 1 aliphatic heterocycles. The molecular weight excluding hydrogens is 386 g/mol. The highest BCUT2D eigenvalue weighted by atomic mass is 32.1. The Balaban J connectivity index is 1.57. The Morgan fingerprint density at radius 3 is 2.66 bits per heavy atom. The summed E-state index contributed by atoms with van der Waals surface area (Å²) in [5.41, 5.74) is 0.973. The standard InChI is InChI=1S/C22H31N3O3S/c1-16(18-7-4-5-8-20(18)27-3)24-22(26)17(2)23-15-19(21-9-6-14-29-21)25-10-12-28-13-11-25/h4-9,14,16-17,19,23H,10-13,15H2,1-3H3,(H,24,26). The third-order valence-electron chi connectivity index (χ3n) is 5.33. The number of amides is 1. The minimum atomic E-state index is -0.296. The van der Waals surface area contributed by atoms with Crippen molar-refractivity contribution in [2.75, 3.05) is 40.0 Å². The number of thiophene rings is 1. The van der Waals surface area contributed by atoms with Crippen LogP contribution in [-0.4, -0.2) is 56.8 Å². The van der Waals surface area contributed by atoms with Gasteiger partial charge in [-0.05, 0) is 31.4 Å². The maximum atomic E-state index is 12.8. The number of hydrogen-bond acceptors (Lipinski definition) is 6. The highest BCUT2D eigenvalue weighted by Crippen LogP contribution is 2.26. The summed E-state index contributed by atoms with van der Waals surface area (Å²) in [5.74, 6) is 0.765. The summed E-state index contributed by atoms with van der Waals surface area (Å²) in [6.07, 6.45) is 0. The number of nitrogens with zero attached hydrogens (tertiary/aromatic N) is 1. The number of ether oxygens (including phenoxy) is 2. The second-order valence-corrected chi connectivity index (χ2v) is 8.26. The minimum absolute atomic E-state index is 0.0182. The lowest BCUT2D eigenvalue weighted by Gasteiger charge is -2.34. The van der Waals surface area contributed by atoms with Gasteiger partial charge in [-0.3, -0.25) is 9.69 Å². The van der Waals surface area contributed by atoms with Crippen molar-refractivity contribution in [3.8, 4) is 5.75 Å². The molecule has 0 radical (unpaired) electrons. The van der Waals surface area contributed by atoms with Gasteiger partial charge in [0.15, 0.2) is 0 Å². The van der Waals surface area contributed by atoms with Gasteiger partial charge in [-0.15, -0.1) is 11.3 Å². The van der Waals surface area contributed by atoms with Crippen LogP contribution in [0.1, 0.15) is 36.4 Å². The first kappa shape index (κ1) is 21.8. The predicted molar refractivity (Wildman–Crippen MR) is 116 cm³/mol. The van der Waals surface area contributed by atoms with E-state index in [1.54, 1.807) is 18.4 Å². The zero-order valence-corrected chi connectivity index (χ0v) is 18.2. The fraction of sp³-hybridized carbons (Fsp3) is 0.500. The van der Waals surface area contributed by atoms with Gasteiger partial charge in [0.2, 0.25) is 5.91 Å². The molecule has 1 fully saturated rings. The molecule has 1 aromatic carbocycles. The van der Waals surface area contributed by atoms with Crippen LogP contribution in [0, 0.1) is 0 Å². The molecule has 7 heteroatoms. The van der Waals surface area contributed by atoms with Gasteiger partial charge in [0.1, 0.15) is 5.75 Å². The second kappa shape index (κ2) is 10.7. The third-order valence-corrected chi connectivity index (χ3v) is 6.31. The monoisotopic (exact) mass is 417 g/mol. The first-order valence-corrected chi connectivity index (χ1v) is 11.0. The second-order valence-electron chi connectivity index (χ2n) is 7.28. The van der Waals surface area contributed by atoms with Crippen molar-refractivity contribution >= 4 is 17.2 Å². The van der Waals surface area contributed by atoms with Crippen LogP contribution in [0.5, 0.6) is 5.75 Å². The Morgan fingerprint density at radius 2 is 1.97 bits per heavy atom. The number of nitrogens with one attached hydrogen (secondary N) is 2. The van der Waals surface area contributed by atoms with E-state index in [-0.39, 0.29) is 24.0 Å². The average molecular weight is 418 g/mol. The van der Waals surface area contributed by atoms with E-state index in [0.29, 0.717) is 0 Å². The maximum Gasteiger partial charge on any atom is 0.237 e. The fourth-order valence-corrected chi connectivity index (χ4v) is 4.46. The van der Waals surface area contributed by atoms with Crippen LogP contribution in [-0.2, 0) is 9.53 Å². The minimum Gasteiger partial charge on any atom is -0.496 e. The number of rotatable bonds is 9. The molecule has 3 rings (SSSR count). The Hall–Kier alpha value is -1.93. The first-order valence-electron chi connectivity index (χ1n) is 10.1. The Morgan fingerprint density at radius 1 is 1.21 bits per heavy atom. The normalized spacial score (nSPS) is 18.0. The van der Waals surface area contributed by atoms with Gasteiger partial charge in [-0.2, -0.15) is 0 Å². The van der Waals surface area contributed by atoms with Gasteiger partial charge in [0.05, 0.1) is 38.4 Å². The van der Waals surface area contributed by atoms with Crippen molar-refractivity contribution in [2.45, 2.75) is 32.0 Å². The SMILES string of the molecule is COc1ccccc1C(C)NC(=O)C(C)NCC(c1cccs1)N1CCOCC1. The summed E-state index contributed by atoms with van der Waals surface area (Å²) in [7, 11) is 1.65. The Labute approximate surface area is 177 Å². The van der Waals surface area contributed by atoms with Gasteiger partial charge in [-0.25, -0.2) is 0 Å². The zero-order chi connectivity index (χ0) is 20.6. The van der Waals surface area contributed by atoms with Crippen molar-refractivity contribution in [1.82, 2.24) is 15.5 Å². The Kier molecular flexibility index (Phi) is 8.06. The van der Waals surface area contributed by atoms with Gasteiger partial charge in [-0.1, -0.05) is 24.3 Å². The van der Waals surface area contributed by atoms with Crippen LogP contribution >= 0.6 is 11.3 Å². The lowest BCUT2D eigenvalue weighted by Crippen LogP contribution is -2.48. The lowest BCUT2D eigenvalue weighted by atomic mass is 10.1. The molecule has 6 nitrogen and oxygen atoms in total. The summed E-state index contributed by atoms with van der Waals surface area (Å²) >= 11 is 1.76. The maximum absolute atomic E-state index is 12.8. The number of morpholine rings is 1. The molecule has 0 saturated carbocycles. The van der Waals surface area contributed by atoms with E-state index in [0.717, 1.165) is 44.2 Å². The van der Waals surface area contributed by atoms with Gasteiger partial charge >= 0.3 is 0 Å². The average Bonchev–Trinajstić information content (AvgIpc) is 3.29. The molecule has 0 bridgehead atoms. The van der Waals surface area contributed by atoms with Crippen LogP contribution < -0.4 is 15.4 Å². The van der Waals surface area contributed by atoms with E-state index in [1.807, 2.05) is 38.1 Å². The quantitative estimate of drug-likeness (QED) is 0.657. The highest BCUT2D eigenvalue weighted by Gasteiger charge is 2.25. The molecule has 2 N–H and O–H groups in total. The van der Waals surface area contributed by atoms with Crippen molar-refractivity contribution < 1.29 is 14.3 Å². The molecule has 1 amide bonds. The van der Waals surface area contributed by atoms with Crippen LogP contribution in [0.4, 0.5) is 0 Å². The van der Waals surface area contributed by atoms with E-state index in [9.17, 15) is 4.79 Å². The molecule has 1 saturated heterocycles. The Bertz CT molecular complexity index is 762. The molecule has 158 valence electrons. The highest BCUT2D eigenvalue weighted by molar-refractivity contribution is 7.10. The molecule has 1 aromatic heterocycles. The summed E-state index contributed by atoms with van der Waals surface area (Å²) in [6, 6.07) is 11.8. The summed E-state index contributed by atoms with van der Waals surface area (Å²) in [6.45, 7) is 7.95. The summed E-state index contributed by atoms with van der Waals surface area (Å²) < 4.78 is 10.9. The van der Waals surface area contributed by atoms with Crippen LogP contribution in [0.25, 0.3) is 0 Å². The van der Waals surface area contributed by atoms with Crippen LogP contribution in [0.3, 0.4) is 0 Å². The van der Waals surface area contributed by atoms with Gasteiger partial charge in [0.25, 0.3) is 0 Å². The van der Waals surface area contributed by atoms with E-state index < -0.39 is 0 Å². The largest absolute Gasteiger partial charge is 0.496 e. The third kappa shape index (κ3) is 5.79. The molecule has 29 heavy (non-hydrogen) atoms. The molecule has 3 atom stereocenters. The molecule has 3 unspecified atom stereocenters. The fourth-order valence-electron chi connectivity index (χ4n) is 3.60. The molecule has 2 heterocycles. The van der Waals surface area contributed by atoms with Crippen LogP contribution in [0.2, 0.25) is 0 Å². The van der Waals surface area contributed by atoms with Crippen molar-refractivity contribution in [3.05, 3.63) is 52.2 Å². The summed E-state index contributed by atoms with van der Waals surface area (Å²) in [5, 5.41) is 8.64. The number of benzene rings is 1. The molecule has 1 aliphatic rings. The number of methoxy groups -OCH3 is 1. The lowest BCUT2D eigenvalue weighted by molar-refractivity contribution is -0.123. The molecule has 2 aromatic rings. The van der Waals surface area contributed by atoms with E-state index in [1.165, 1.54) is 4.88 Å². The predicted octanol–water partition coefficient (Wildman–Crippen LogP) is 2.99. The first-order chi connectivity index (χ1) is 14.1. The van der Waals surface area contributed by atoms with E-state index in [2.05, 4.69) is 33.0 Å². The van der Waals surface area contributed by atoms with E-state index in [4.69, 9.17) is 9.47 Å². The molecular formula is C22H31N3O3S. The smallest absolute Gasteiger partial charge is 0.237 e. The van der Waals surface area contributed by atoms with Crippen molar-refractivity contribution in [1.29, 1.82) is 0 Å². The number of carbonyl (C=O) groups is 1. The number of hydrogen-bond donors (Lipinski definition) is 2. The number of para-hydroxylation sites is 1. The van der Waals surface area contributed by atoms with Gasteiger partial charge < -0.3 is 20.1 Å². The van der Waals surface area contributed by atoms with Crippen LogP contribution in [0.15, 0.2) is 41.8 Å². The molecule has 0 aliphatic carbocycles. The summed E-state index contributed by atoms with van der Waals surface area (Å²) in [4.78, 5) is 16.5. The number of carbonyl (C=O) groups excluding carboxylic acids is 1. The van der Waals surface area contributed by atoms with Crippen molar-refractivity contribution in [3.63, 3.8) is 0 Å². The van der Waals surface area contributed by atoms with Crippen molar-refractivity contribution in [2.24, 2.45) is 0 Å². The topological polar surface area (TPSA) is 62.8 Å². The van der Waals surface area contributed by atoms with Gasteiger partial charge in [0, 0.05) is 30.1 Å². The van der Waals surface area contributed by atoms with E-state index >= 15 is 0 Å². The zero-order valence-electron chi connectivity index (χ0n) is 17.4. The molecule has 0 spiro atoms.